The van der Waals surface area contributed by atoms with Crippen molar-refractivity contribution in [2.45, 2.75) is 26.2 Å². The molecule has 0 amide bonds. The first kappa shape index (κ1) is 8.59. The molecule has 4 heteroatoms. The zero-order chi connectivity index (χ0) is 10.3. The largest absolute Gasteiger partial charge is 0.288 e. The van der Waals surface area contributed by atoms with Gasteiger partial charge in [-0.3, -0.25) is 4.57 Å². The highest BCUT2D eigenvalue weighted by atomic mass is 15.1. The van der Waals surface area contributed by atoms with E-state index < -0.39 is 0 Å². The Balaban J connectivity index is 2.21. The van der Waals surface area contributed by atoms with Crippen molar-refractivity contribution < 1.29 is 0 Å². The average molecular weight is 200 g/mol. The van der Waals surface area contributed by atoms with Crippen LogP contribution >= 0.6 is 0 Å². The first-order chi connectivity index (χ1) is 7.38. The Kier molecular flexibility index (Phi) is 1.80. The molecule has 1 aliphatic heterocycles. The minimum atomic E-state index is 0.872. The third-order valence-electron chi connectivity index (χ3n) is 2.77. The van der Waals surface area contributed by atoms with Gasteiger partial charge in [-0.25, -0.2) is 15.0 Å². The van der Waals surface area contributed by atoms with Crippen molar-refractivity contribution in [3.05, 3.63) is 35.8 Å². The van der Waals surface area contributed by atoms with Gasteiger partial charge in [0.2, 0.25) is 0 Å². The average Bonchev–Trinajstić information content (AvgIpc) is 2.76. The molecule has 3 heterocycles. The van der Waals surface area contributed by atoms with Gasteiger partial charge in [0, 0.05) is 37.0 Å². The molecule has 0 unspecified atom stereocenters. The summed E-state index contributed by atoms with van der Waals surface area (Å²) in [5.74, 6) is 3.01. The van der Waals surface area contributed by atoms with Gasteiger partial charge in [0.1, 0.15) is 17.5 Å². The third kappa shape index (κ3) is 1.25. The topological polar surface area (TPSA) is 43.6 Å². The lowest BCUT2D eigenvalue weighted by atomic mass is 10.1. The fourth-order valence-corrected chi connectivity index (χ4v) is 1.95. The van der Waals surface area contributed by atoms with Gasteiger partial charge in [0.25, 0.3) is 0 Å². The smallest absolute Gasteiger partial charge is 0.145 e. The molecule has 3 rings (SSSR count). The first-order valence-corrected chi connectivity index (χ1v) is 5.26. The van der Waals surface area contributed by atoms with Gasteiger partial charge in [-0.15, -0.1) is 0 Å². The van der Waals surface area contributed by atoms with Crippen LogP contribution in [0.25, 0.3) is 5.82 Å². The van der Waals surface area contributed by atoms with Crippen LogP contribution in [-0.2, 0) is 19.3 Å². The van der Waals surface area contributed by atoms with Gasteiger partial charge < -0.3 is 0 Å². The second-order valence-corrected chi connectivity index (χ2v) is 3.70. The zero-order valence-electron chi connectivity index (χ0n) is 8.64. The molecule has 0 bridgehead atoms. The molecule has 0 radical (unpaired) electrons. The van der Waals surface area contributed by atoms with Crippen LogP contribution in [0.5, 0.6) is 0 Å². The van der Waals surface area contributed by atoms with E-state index in [9.17, 15) is 0 Å². The normalized spacial score (nSPS) is 13.4. The SMILES string of the molecule is CCc1ncc2c(n1)-n1ccnc1CC2. The molecule has 0 saturated heterocycles. The monoisotopic (exact) mass is 200 g/mol. The summed E-state index contributed by atoms with van der Waals surface area (Å²) in [4.78, 5) is 13.2. The molecule has 0 fully saturated rings. The first-order valence-electron chi connectivity index (χ1n) is 5.26. The molecule has 2 aromatic rings. The van der Waals surface area contributed by atoms with E-state index in [1.165, 1.54) is 5.56 Å². The van der Waals surface area contributed by atoms with Crippen molar-refractivity contribution in [1.29, 1.82) is 0 Å². The van der Waals surface area contributed by atoms with E-state index in [0.717, 1.165) is 36.7 Å². The summed E-state index contributed by atoms with van der Waals surface area (Å²) < 4.78 is 2.07. The molecular weight excluding hydrogens is 188 g/mol. The molecule has 0 aliphatic carbocycles. The predicted octanol–water partition coefficient (Wildman–Crippen LogP) is 1.32. The van der Waals surface area contributed by atoms with E-state index in [2.05, 4.69) is 26.4 Å². The van der Waals surface area contributed by atoms with E-state index in [1.807, 2.05) is 18.6 Å². The second-order valence-electron chi connectivity index (χ2n) is 3.70. The molecule has 4 nitrogen and oxygen atoms in total. The van der Waals surface area contributed by atoms with Crippen LogP contribution in [0.1, 0.15) is 24.1 Å². The molecule has 0 aromatic carbocycles. The summed E-state index contributed by atoms with van der Waals surface area (Å²) in [5.41, 5.74) is 1.22. The number of fused-ring (bicyclic) bond motifs is 3. The lowest BCUT2D eigenvalue weighted by molar-refractivity contribution is 0.736. The van der Waals surface area contributed by atoms with Crippen LogP contribution in [0.3, 0.4) is 0 Å². The van der Waals surface area contributed by atoms with Crippen LogP contribution in [0.2, 0.25) is 0 Å². The van der Waals surface area contributed by atoms with Gasteiger partial charge in [-0.2, -0.15) is 0 Å². The second kappa shape index (κ2) is 3.15. The van der Waals surface area contributed by atoms with Crippen LogP contribution in [0, 0.1) is 0 Å². The zero-order valence-corrected chi connectivity index (χ0v) is 8.64. The fraction of sp³-hybridized carbons (Fsp3) is 0.364. The summed E-state index contributed by atoms with van der Waals surface area (Å²) >= 11 is 0. The third-order valence-corrected chi connectivity index (χ3v) is 2.77. The van der Waals surface area contributed by atoms with Crippen molar-refractivity contribution in [3.8, 4) is 5.82 Å². The number of rotatable bonds is 1. The Morgan fingerprint density at radius 1 is 1.33 bits per heavy atom. The van der Waals surface area contributed by atoms with Crippen molar-refractivity contribution in [2.24, 2.45) is 0 Å². The highest BCUT2D eigenvalue weighted by Gasteiger charge is 2.17. The van der Waals surface area contributed by atoms with E-state index in [4.69, 9.17) is 0 Å². The lowest BCUT2D eigenvalue weighted by Gasteiger charge is -2.17. The Labute approximate surface area is 88.0 Å². The van der Waals surface area contributed by atoms with E-state index >= 15 is 0 Å². The number of imidazole rings is 1. The molecule has 2 aromatic heterocycles. The number of hydrogen-bond acceptors (Lipinski definition) is 3. The van der Waals surface area contributed by atoms with Crippen LogP contribution in [-0.4, -0.2) is 19.5 Å². The maximum absolute atomic E-state index is 4.56. The Bertz CT molecular complexity index is 501. The summed E-state index contributed by atoms with van der Waals surface area (Å²) in [5, 5.41) is 0. The molecule has 15 heavy (non-hydrogen) atoms. The summed E-state index contributed by atoms with van der Waals surface area (Å²) in [6.45, 7) is 2.07. The number of nitrogens with zero attached hydrogens (tertiary/aromatic N) is 4. The molecular formula is C11H12N4. The summed E-state index contributed by atoms with van der Waals surface area (Å²) in [6.07, 6.45) is 8.60. The Hall–Kier alpha value is -1.71. The molecule has 0 spiro atoms. The van der Waals surface area contributed by atoms with Crippen molar-refractivity contribution in [3.63, 3.8) is 0 Å². The predicted molar refractivity (Wildman–Crippen MR) is 55.9 cm³/mol. The van der Waals surface area contributed by atoms with Gasteiger partial charge >= 0.3 is 0 Å². The molecule has 76 valence electrons. The lowest BCUT2D eigenvalue weighted by Crippen LogP contribution is -2.15. The standard InChI is InChI=1S/C11H12N4/c1-2-9-13-7-8-3-4-10-12-5-6-15(10)11(8)14-9/h5-7H,2-4H2,1H3. The van der Waals surface area contributed by atoms with Crippen molar-refractivity contribution in [1.82, 2.24) is 19.5 Å². The van der Waals surface area contributed by atoms with Gasteiger partial charge in [0.05, 0.1) is 0 Å². The van der Waals surface area contributed by atoms with Crippen LogP contribution < -0.4 is 0 Å². The van der Waals surface area contributed by atoms with Gasteiger partial charge in [-0.1, -0.05) is 6.92 Å². The minimum absolute atomic E-state index is 0.872. The summed E-state index contributed by atoms with van der Waals surface area (Å²) in [6, 6.07) is 0. The van der Waals surface area contributed by atoms with E-state index in [0.29, 0.717) is 0 Å². The maximum Gasteiger partial charge on any atom is 0.145 e. The Morgan fingerprint density at radius 2 is 2.27 bits per heavy atom. The highest BCUT2D eigenvalue weighted by molar-refractivity contribution is 5.37. The van der Waals surface area contributed by atoms with Gasteiger partial charge in [-0.05, 0) is 6.42 Å². The number of aryl methyl sites for hydroxylation is 3. The van der Waals surface area contributed by atoms with E-state index in [1.54, 1.807) is 0 Å². The molecule has 1 aliphatic rings. The fourth-order valence-electron chi connectivity index (χ4n) is 1.95. The summed E-state index contributed by atoms with van der Waals surface area (Å²) in [7, 11) is 0. The highest BCUT2D eigenvalue weighted by Crippen LogP contribution is 2.21. The minimum Gasteiger partial charge on any atom is -0.288 e. The quantitative estimate of drug-likeness (QED) is 0.697. The van der Waals surface area contributed by atoms with Crippen LogP contribution in [0.4, 0.5) is 0 Å². The van der Waals surface area contributed by atoms with Crippen LogP contribution in [0.15, 0.2) is 18.6 Å². The molecule has 0 saturated carbocycles. The Morgan fingerprint density at radius 3 is 3.13 bits per heavy atom. The maximum atomic E-state index is 4.56. The molecule has 0 atom stereocenters. The van der Waals surface area contributed by atoms with E-state index in [-0.39, 0.29) is 0 Å². The van der Waals surface area contributed by atoms with Crippen molar-refractivity contribution in [2.75, 3.05) is 0 Å². The number of aromatic nitrogens is 4. The van der Waals surface area contributed by atoms with Crippen molar-refractivity contribution >= 4 is 0 Å². The number of hydrogen-bond donors (Lipinski definition) is 0. The van der Waals surface area contributed by atoms with Gasteiger partial charge in [0.15, 0.2) is 0 Å². The molecule has 0 N–H and O–H groups in total.